The number of nitrogens with zero attached hydrogens (tertiary/aromatic N) is 1. The Bertz CT molecular complexity index is 1140. The number of anilines is 1. The molecule has 0 heterocycles. The summed E-state index contributed by atoms with van der Waals surface area (Å²) in [6.45, 7) is 1.85. The maximum absolute atomic E-state index is 12.6. The molecule has 0 radical (unpaired) electrons. The van der Waals surface area contributed by atoms with Crippen LogP contribution < -0.4 is 10.1 Å². The molecule has 0 spiro atoms. The lowest BCUT2D eigenvalue weighted by Crippen LogP contribution is -2.31. The first-order valence-electron chi connectivity index (χ1n) is 10.4. The van der Waals surface area contributed by atoms with Gasteiger partial charge >= 0.3 is 5.97 Å². The lowest BCUT2D eigenvalue weighted by atomic mass is 10.1. The van der Waals surface area contributed by atoms with Crippen LogP contribution in [0.5, 0.6) is 5.75 Å². The fourth-order valence-electron chi connectivity index (χ4n) is 3.16. The van der Waals surface area contributed by atoms with Crippen LogP contribution in [-0.2, 0) is 16.1 Å². The third-order valence-corrected chi connectivity index (χ3v) is 5.01. The first-order valence-corrected chi connectivity index (χ1v) is 10.4. The third kappa shape index (κ3) is 6.43. The number of likely N-dealkylation sites (N-methyl/N-ethyl adjacent to an activating group) is 1. The molecule has 0 aliphatic heterocycles. The molecule has 7 nitrogen and oxygen atoms in total. The van der Waals surface area contributed by atoms with Crippen LogP contribution in [0.3, 0.4) is 0 Å². The van der Waals surface area contributed by atoms with Crippen LogP contribution in [0.15, 0.2) is 72.8 Å². The van der Waals surface area contributed by atoms with Crippen molar-refractivity contribution in [1.29, 1.82) is 0 Å². The molecule has 0 fully saturated rings. The number of aryl methyl sites for hydroxylation is 1. The van der Waals surface area contributed by atoms with Gasteiger partial charge in [-0.15, -0.1) is 0 Å². The van der Waals surface area contributed by atoms with Gasteiger partial charge in [0.25, 0.3) is 11.8 Å². The molecule has 1 N–H and O–H groups in total. The Morgan fingerprint density at radius 2 is 1.67 bits per heavy atom. The summed E-state index contributed by atoms with van der Waals surface area (Å²) < 4.78 is 10.4. The van der Waals surface area contributed by atoms with Crippen LogP contribution in [0.25, 0.3) is 0 Å². The van der Waals surface area contributed by atoms with E-state index in [0.717, 1.165) is 16.9 Å². The average molecular weight is 447 g/mol. The summed E-state index contributed by atoms with van der Waals surface area (Å²) in [6.07, 6.45) is 0. The molecule has 3 rings (SSSR count). The van der Waals surface area contributed by atoms with Crippen LogP contribution in [0.4, 0.5) is 5.69 Å². The number of esters is 1. The number of nitrogens with one attached hydrogen (secondary N) is 1. The SMILES string of the molecule is COc1ccc(CN(C)C(=O)COC(=O)c2ccccc2NC(=O)c2cccc(C)c2)cc1. The van der Waals surface area contributed by atoms with E-state index in [-0.39, 0.29) is 17.4 Å². The topological polar surface area (TPSA) is 84.9 Å². The number of hydrogen-bond donors (Lipinski definition) is 1. The van der Waals surface area contributed by atoms with Gasteiger partial charge in [0, 0.05) is 19.2 Å². The predicted molar refractivity (Wildman–Crippen MR) is 125 cm³/mol. The number of amides is 2. The second kappa shape index (κ2) is 10.9. The highest BCUT2D eigenvalue weighted by atomic mass is 16.5. The maximum Gasteiger partial charge on any atom is 0.340 e. The monoisotopic (exact) mass is 446 g/mol. The van der Waals surface area contributed by atoms with Crippen molar-refractivity contribution in [3.8, 4) is 5.75 Å². The highest BCUT2D eigenvalue weighted by Crippen LogP contribution is 2.18. The summed E-state index contributed by atoms with van der Waals surface area (Å²) in [5.41, 5.74) is 2.83. The lowest BCUT2D eigenvalue weighted by molar-refractivity contribution is -0.133. The van der Waals surface area contributed by atoms with E-state index in [2.05, 4.69) is 5.32 Å². The van der Waals surface area contributed by atoms with Crippen LogP contribution in [0, 0.1) is 6.92 Å². The summed E-state index contributed by atoms with van der Waals surface area (Å²) in [7, 11) is 3.22. The van der Waals surface area contributed by atoms with Gasteiger partial charge in [-0.25, -0.2) is 4.79 Å². The van der Waals surface area contributed by atoms with Crippen molar-refractivity contribution in [2.24, 2.45) is 0 Å². The second-order valence-electron chi connectivity index (χ2n) is 7.54. The van der Waals surface area contributed by atoms with Crippen molar-refractivity contribution in [2.45, 2.75) is 13.5 Å². The van der Waals surface area contributed by atoms with Crippen molar-refractivity contribution < 1.29 is 23.9 Å². The summed E-state index contributed by atoms with van der Waals surface area (Å²) in [6, 6.07) is 21.0. The minimum absolute atomic E-state index is 0.170. The van der Waals surface area contributed by atoms with Gasteiger partial charge in [-0.05, 0) is 48.9 Å². The van der Waals surface area contributed by atoms with Gasteiger partial charge in [-0.3, -0.25) is 9.59 Å². The normalized spacial score (nSPS) is 10.3. The summed E-state index contributed by atoms with van der Waals surface area (Å²) in [5.74, 6) is -0.647. The van der Waals surface area contributed by atoms with Crippen LogP contribution in [-0.4, -0.2) is 43.4 Å². The van der Waals surface area contributed by atoms with E-state index in [0.29, 0.717) is 17.8 Å². The van der Waals surface area contributed by atoms with E-state index >= 15 is 0 Å². The number of para-hydroxylation sites is 1. The van der Waals surface area contributed by atoms with Crippen molar-refractivity contribution in [2.75, 3.05) is 26.1 Å². The minimum Gasteiger partial charge on any atom is -0.497 e. The van der Waals surface area contributed by atoms with Crippen molar-refractivity contribution in [1.82, 2.24) is 4.90 Å². The molecule has 0 atom stereocenters. The van der Waals surface area contributed by atoms with E-state index in [1.165, 1.54) is 4.90 Å². The Morgan fingerprint density at radius 3 is 2.36 bits per heavy atom. The van der Waals surface area contributed by atoms with Gasteiger partial charge < -0.3 is 19.7 Å². The van der Waals surface area contributed by atoms with E-state index in [4.69, 9.17) is 9.47 Å². The molecule has 3 aromatic carbocycles. The van der Waals surface area contributed by atoms with Crippen LogP contribution in [0.1, 0.15) is 31.8 Å². The molecule has 3 aromatic rings. The molecule has 2 amide bonds. The molecule has 0 aliphatic rings. The number of carbonyl (C=O) groups excluding carboxylic acids is 3. The summed E-state index contributed by atoms with van der Waals surface area (Å²) >= 11 is 0. The molecule has 0 unspecified atom stereocenters. The molecular formula is C26H26N2O5. The van der Waals surface area contributed by atoms with Gasteiger partial charge in [0.15, 0.2) is 6.61 Å². The molecule has 0 bridgehead atoms. The Hall–Kier alpha value is -4.13. The van der Waals surface area contributed by atoms with E-state index < -0.39 is 12.6 Å². The first kappa shape index (κ1) is 23.5. The number of methoxy groups -OCH3 is 1. The zero-order valence-electron chi connectivity index (χ0n) is 18.8. The Kier molecular flexibility index (Phi) is 7.81. The fraction of sp³-hybridized carbons (Fsp3) is 0.192. The molecule has 0 aromatic heterocycles. The fourth-order valence-corrected chi connectivity index (χ4v) is 3.16. The van der Waals surface area contributed by atoms with Gasteiger partial charge in [-0.1, -0.05) is 42.0 Å². The lowest BCUT2D eigenvalue weighted by Gasteiger charge is -2.18. The Morgan fingerprint density at radius 1 is 0.939 bits per heavy atom. The highest BCUT2D eigenvalue weighted by molar-refractivity contribution is 6.08. The molecule has 0 saturated carbocycles. The van der Waals surface area contributed by atoms with Gasteiger partial charge in [0.2, 0.25) is 0 Å². The largest absolute Gasteiger partial charge is 0.497 e. The Balaban J connectivity index is 1.59. The van der Waals surface area contributed by atoms with Crippen molar-refractivity contribution >= 4 is 23.5 Å². The smallest absolute Gasteiger partial charge is 0.340 e. The molecule has 0 saturated heterocycles. The standard InChI is InChI=1S/C26H26N2O5/c1-18-7-6-8-20(15-18)25(30)27-23-10-5-4-9-22(23)26(31)33-17-24(29)28(2)16-19-11-13-21(32-3)14-12-19/h4-15H,16-17H2,1-3H3,(H,27,30). The van der Waals surface area contributed by atoms with Crippen LogP contribution >= 0.6 is 0 Å². The van der Waals surface area contributed by atoms with Gasteiger partial charge in [0.1, 0.15) is 5.75 Å². The van der Waals surface area contributed by atoms with E-state index in [1.807, 2.05) is 37.3 Å². The number of benzene rings is 3. The Labute approximate surface area is 192 Å². The molecular weight excluding hydrogens is 420 g/mol. The average Bonchev–Trinajstić information content (AvgIpc) is 2.83. The van der Waals surface area contributed by atoms with Gasteiger partial charge in [0.05, 0.1) is 18.4 Å². The number of carbonyl (C=O) groups is 3. The summed E-state index contributed by atoms with van der Waals surface area (Å²) in [5, 5.41) is 2.74. The van der Waals surface area contributed by atoms with Crippen LogP contribution in [0.2, 0.25) is 0 Å². The van der Waals surface area contributed by atoms with E-state index in [1.54, 1.807) is 56.6 Å². The zero-order valence-corrected chi connectivity index (χ0v) is 18.8. The first-order chi connectivity index (χ1) is 15.9. The highest BCUT2D eigenvalue weighted by Gasteiger charge is 2.18. The van der Waals surface area contributed by atoms with E-state index in [9.17, 15) is 14.4 Å². The number of hydrogen-bond acceptors (Lipinski definition) is 5. The summed E-state index contributed by atoms with van der Waals surface area (Å²) in [4.78, 5) is 39.1. The van der Waals surface area contributed by atoms with Crippen molar-refractivity contribution in [3.05, 3.63) is 95.1 Å². The second-order valence-corrected chi connectivity index (χ2v) is 7.54. The number of ether oxygens (including phenoxy) is 2. The van der Waals surface area contributed by atoms with Crippen molar-refractivity contribution in [3.63, 3.8) is 0 Å². The zero-order chi connectivity index (χ0) is 23.8. The molecule has 7 heteroatoms. The minimum atomic E-state index is -0.693. The molecule has 170 valence electrons. The van der Waals surface area contributed by atoms with Gasteiger partial charge in [-0.2, -0.15) is 0 Å². The molecule has 0 aliphatic carbocycles. The maximum atomic E-state index is 12.6. The third-order valence-electron chi connectivity index (χ3n) is 5.01. The number of rotatable bonds is 8. The predicted octanol–water partition coefficient (Wildman–Crippen LogP) is 4.07. The molecule has 33 heavy (non-hydrogen) atoms. The quantitative estimate of drug-likeness (QED) is 0.527.